The number of ketones is 1. The van der Waals surface area contributed by atoms with Crippen LogP contribution in [0.15, 0.2) is 12.2 Å². The summed E-state index contributed by atoms with van der Waals surface area (Å²) >= 11 is 0. The monoisotopic (exact) mass is 412 g/mol. The second-order valence-electron chi connectivity index (χ2n) is 6.46. The molecular weight excluding hydrogens is 379 g/mol. The number of carbonyl (C=O) groups is 1. The van der Waals surface area contributed by atoms with Crippen molar-refractivity contribution in [1.29, 1.82) is 0 Å². The zero-order valence-corrected chi connectivity index (χ0v) is 16.6. The van der Waals surface area contributed by atoms with Gasteiger partial charge < -0.3 is 30.2 Å². The molecule has 0 fully saturated rings. The van der Waals surface area contributed by atoms with Gasteiger partial charge in [-0.2, -0.15) is 0 Å². The molecule has 0 spiro atoms. The molecule has 4 atom stereocenters. The van der Waals surface area contributed by atoms with Gasteiger partial charge in [-0.25, -0.2) is 4.57 Å². The molecule has 0 aromatic rings. The molecule has 27 heavy (non-hydrogen) atoms. The summed E-state index contributed by atoms with van der Waals surface area (Å²) in [4.78, 5) is 29.9. The standard InChI is InChI=1S/C17H33O9P/c1-2-3-4-5-6-7-8-9-10-11-13(19)17(26-27(23,24)25)16(22)15(21)14(20)12-18/h10-11,14-18,20-22H,2-9,12H2,1H3,(H2,23,24,25)/t14-,15-,16+,17+/m1/s1. The van der Waals surface area contributed by atoms with Crippen molar-refractivity contribution in [2.45, 2.75) is 82.7 Å². The largest absolute Gasteiger partial charge is 0.470 e. The predicted molar refractivity (Wildman–Crippen MR) is 98.8 cm³/mol. The van der Waals surface area contributed by atoms with Crippen molar-refractivity contribution in [2.75, 3.05) is 6.61 Å². The van der Waals surface area contributed by atoms with Gasteiger partial charge in [0.25, 0.3) is 0 Å². The minimum absolute atomic E-state index is 0.570. The summed E-state index contributed by atoms with van der Waals surface area (Å²) in [5.41, 5.74) is 0. The van der Waals surface area contributed by atoms with Crippen molar-refractivity contribution < 1.29 is 44.1 Å². The maximum atomic E-state index is 12.1. The van der Waals surface area contributed by atoms with Crippen LogP contribution in [0.3, 0.4) is 0 Å². The lowest BCUT2D eigenvalue weighted by Crippen LogP contribution is -2.49. The van der Waals surface area contributed by atoms with E-state index in [-0.39, 0.29) is 0 Å². The molecule has 0 bridgehead atoms. The Morgan fingerprint density at radius 2 is 1.56 bits per heavy atom. The lowest BCUT2D eigenvalue weighted by atomic mass is 10.00. The van der Waals surface area contributed by atoms with Gasteiger partial charge in [-0.15, -0.1) is 0 Å². The number of phosphoric acid groups is 1. The van der Waals surface area contributed by atoms with Gasteiger partial charge >= 0.3 is 7.82 Å². The van der Waals surface area contributed by atoms with Crippen molar-refractivity contribution in [3.8, 4) is 0 Å². The molecule has 0 rings (SSSR count). The third-order valence-corrected chi connectivity index (χ3v) is 4.53. The van der Waals surface area contributed by atoms with Gasteiger partial charge in [-0.1, -0.05) is 51.5 Å². The van der Waals surface area contributed by atoms with Crippen molar-refractivity contribution in [1.82, 2.24) is 0 Å². The maximum absolute atomic E-state index is 12.1. The summed E-state index contributed by atoms with van der Waals surface area (Å²) in [5.74, 6) is -0.960. The Balaban J connectivity index is 4.60. The van der Waals surface area contributed by atoms with Crippen LogP contribution in [0.5, 0.6) is 0 Å². The van der Waals surface area contributed by atoms with Crippen LogP contribution >= 0.6 is 7.82 Å². The SMILES string of the molecule is CCCCCCCCCC=CC(=O)[C@H](OP(=O)(O)O)[C@@H](O)[C@H](O)[C@H](O)CO. The number of hydrogen-bond acceptors (Lipinski definition) is 7. The lowest BCUT2D eigenvalue weighted by molar-refractivity contribution is -0.141. The van der Waals surface area contributed by atoms with Crippen LogP contribution in [0, 0.1) is 0 Å². The number of hydrogen-bond donors (Lipinski definition) is 6. The lowest BCUT2D eigenvalue weighted by Gasteiger charge is -2.27. The molecule has 0 saturated heterocycles. The van der Waals surface area contributed by atoms with Gasteiger partial charge in [-0.05, 0) is 18.9 Å². The number of aliphatic hydroxyl groups is 4. The minimum Gasteiger partial charge on any atom is -0.394 e. The highest BCUT2D eigenvalue weighted by Gasteiger charge is 2.39. The molecule has 0 aromatic carbocycles. The first kappa shape index (κ1) is 26.4. The average molecular weight is 412 g/mol. The van der Waals surface area contributed by atoms with Crippen LogP contribution in [0.2, 0.25) is 0 Å². The molecule has 0 aliphatic carbocycles. The maximum Gasteiger partial charge on any atom is 0.470 e. The first-order chi connectivity index (χ1) is 12.6. The molecule has 0 aliphatic heterocycles. The van der Waals surface area contributed by atoms with Gasteiger partial charge in [0.2, 0.25) is 0 Å². The van der Waals surface area contributed by atoms with E-state index in [1.165, 1.54) is 25.3 Å². The molecule has 0 heterocycles. The second kappa shape index (κ2) is 14.4. The molecule has 0 amide bonds. The Morgan fingerprint density at radius 3 is 2.07 bits per heavy atom. The van der Waals surface area contributed by atoms with E-state index in [9.17, 15) is 24.7 Å². The van der Waals surface area contributed by atoms with E-state index in [2.05, 4.69) is 11.4 Å². The Labute approximate surface area is 159 Å². The quantitative estimate of drug-likeness (QED) is 0.122. The van der Waals surface area contributed by atoms with E-state index in [0.29, 0.717) is 6.42 Å². The van der Waals surface area contributed by atoms with Crippen LogP contribution in [0.4, 0.5) is 0 Å². The third-order valence-electron chi connectivity index (χ3n) is 4.03. The Morgan fingerprint density at radius 1 is 1.00 bits per heavy atom. The van der Waals surface area contributed by atoms with E-state index < -0.39 is 44.6 Å². The molecule has 0 unspecified atom stereocenters. The van der Waals surface area contributed by atoms with Crippen LogP contribution in [0.25, 0.3) is 0 Å². The number of allylic oxidation sites excluding steroid dienone is 1. The molecular formula is C17H33O9P. The van der Waals surface area contributed by atoms with Gasteiger partial charge in [0, 0.05) is 0 Å². The third kappa shape index (κ3) is 12.4. The first-order valence-corrected chi connectivity index (χ1v) is 10.8. The number of rotatable bonds is 16. The summed E-state index contributed by atoms with van der Waals surface area (Å²) in [6.07, 6.45) is 2.76. The smallest absolute Gasteiger partial charge is 0.394 e. The Hall–Kier alpha value is -0.640. The zero-order chi connectivity index (χ0) is 20.9. The van der Waals surface area contributed by atoms with E-state index in [0.717, 1.165) is 31.8 Å². The summed E-state index contributed by atoms with van der Waals surface area (Å²) in [6.45, 7) is 1.23. The van der Waals surface area contributed by atoms with Crippen molar-refractivity contribution in [2.24, 2.45) is 0 Å². The van der Waals surface area contributed by atoms with Crippen molar-refractivity contribution in [3.05, 3.63) is 12.2 Å². The van der Waals surface area contributed by atoms with Crippen LogP contribution in [-0.4, -0.2) is 67.0 Å². The van der Waals surface area contributed by atoms with Gasteiger partial charge in [-0.3, -0.25) is 9.32 Å². The fourth-order valence-corrected chi connectivity index (χ4v) is 2.98. The molecule has 160 valence electrons. The number of aliphatic hydroxyl groups excluding tert-OH is 4. The zero-order valence-electron chi connectivity index (χ0n) is 15.7. The van der Waals surface area contributed by atoms with Crippen molar-refractivity contribution >= 4 is 13.6 Å². The molecule has 6 N–H and O–H groups in total. The Bertz CT molecular complexity index is 477. The molecule has 0 aromatic heterocycles. The van der Waals surface area contributed by atoms with Crippen molar-refractivity contribution in [3.63, 3.8) is 0 Å². The number of unbranched alkanes of at least 4 members (excludes halogenated alkanes) is 7. The van der Waals surface area contributed by atoms with E-state index >= 15 is 0 Å². The summed E-state index contributed by atoms with van der Waals surface area (Å²) in [6, 6.07) is 0. The van der Waals surface area contributed by atoms with Gasteiger partial charge in [0.05, 0.1) is 6.61 Å². The highest BCUT2D eigenvalue weighted by Crippen LogP contribution is 2.39. The predicted octanol–water partition coefficient (Wildman–Crippen LogP) is 0.805. The molecule has 0 radical (unpaired) electrons. The highest BCUT2D eigenvalue weighted by molar-refractivity contribution is 7.46. The summed E-state index contributed by atoms with van der Waals surface area (Å²) in [5, 5.41) is 37.7. The summed E-state index contributed by atoms with van der Waals surface area (Å²) < 4.78 is 15.3. The molecule has 0 aliphatic rings. The normalized spacial score (nSPS) is 17.0. The van der Waals surface area contributed by atoms with Crippen LogP contribution in [-0.2, 0) is 13.9 Å². The second-order valence-corrected chi connectivity index (χ2v) is 7.65. The van der Waals surface area contributed by atoms with E-state index in [1.807, 2.05) is 0 Å². The van der Waals surface area contributed by atoms with E-state index in [4.69, 9.17) is 14.9 Å². The summed E-state index contributed by atoms with van der Waals surface area (Å²) in [7, 11) is -5.14. The fourth-order valence-electron chi connectivity index (χ4n) is 2.46. The first-order valence-electron chi connectivity index (χ1n) is 9.23. The van der Waals surface area contributed by atoms with Gasteiger partial charge in [0.15, 0.2) is 11.9 Å². The highest BCUT2D eigenvalue weighted by atomic mass is 31.2. The molecule has 0 saturated carbocycles. The average Bonchev–Trinajstić information content (AvgIpc) is 2.61. The van der Waals surface area contributed by atoms with E-state index in [1.54, 1.807) is 0 Å². The Kier molecular flexibility index (Phi) is 14.0. The number of phosphoric ester groups is 1. The minimum atomic E-state index is -5.14. The molecule has 10 heteroatoms. The van der Waals surface area contributed by atoms with Gasteiger partial charge in [0.1, 0.15) is 18.3 Å². The number of carbonyl (C=O) groups excluding carboxylic acids is 1. The topological polar surface area (TPSA) is 165 Å². The molecule has 9 nitrogen and oxygen atoms in total. The fraction of sp³-hybridized carbons (Fsp3) is 0.824. The van der Waals surface area contributed by atoms with Crippen LogP contribution < -0.4 is 0 Å². The van der Waals surface area contributed by atoms with Crippen LogP contribution in [0.1, 0.15) is 58.3 Å².